The zero-order valence-corrected chi connectivity index (χ0v) is 12.8. The molecule has 1 aliphatic carbocycles. The third kappa shape index (κ3) is 2.81. The molecule has 118 valence electrons. The molecule has 0 amide bonds. The van der Waals surface area contributed by atoms with Crippen LogP contribution in [0.1, 0.15) is 29.3 Å². The summed E-state index contributed by atoms with van der Waals surface area (Å²) in [5.74, 6) is -2.15. The van der Waals surface area contributed by atoms with Crippen LogP contribution < -0.4 is 9.47 Å². The minimum atomic E-state index is -0.982. The monoisotopic (exact) mass is 306 g/mol. The van der Waals surface area contributed by atoms with E-state index >= 15 is 0 Å². The Kier molecular flexibility index (Phi) is 4.80. The molecule has 6 heteroatoms. The van der Waals surface area contributed by atoms with E-state index in [1.165, 1.54) is 14.2 Å². The predicted octanol–water partition coefficient (Wildman–Crippen LogP) is 1.58. The number of fused-ring (bicyclic) bond motifs is 1. The second-order valence-corrected chi connectivity index (χ2v) is 4.90. The van der Waals surface area contributed by atoms with E-state index < -0.39 is 17.7 Å². The normalized spacial score (nSPS) is 16.7. The fourth-order valence-corrected chi connectivity index (χ4v) is 2.57. The van der Waals surface area contributed by atoms with Gasteiger partial charge in [0.1, 0.15) is 0 Å². The molecule has 1 atom stereocenters. The molecule has 0 saturated carbocycles. The summed E-state index contributed by atoms with van der Waals surface area (Å²) in [6.07, 6.45) is 0.802. The molecule has 0 fully saturated rings. The Balaban J connectivity index is 2.33. The summed E-state index contributed by atoms with van der Waals surface area (Å²) in [5, 5.41) is 0. The molecule has 22 heavy (non-hydrogen) atoms. The van der Waals surface area contributed by atoms with E-state index in [-0.39, 0.29) is 12.4 Å². The smallest absolute Gasteiger partial charge is 0.375 e. The molecule has 1 aliphatic rings. The zero-order chi connectivity index (χ0) is 16.3. The maximum Gasteiger partial charge on any atom is 0.375 e. The molecule has 0 radical (unpaired) electrons. The maximum atomic E-state index is 12.5. The largest absolute Gasteiger partial charge is 0.493 e. The number of ether oxygens (including phenoxy) is 3. The summed E-state index contributed by atoms with van der Waals surface area (Å²) in [7, 11) is 2.99. The van der Waals surface area contributed by atoms with Crippen LogP contribution in [0.25, 0.3) is 0 Å². The molecular weight excluding hydrogens is 288 g/mol. The number of rotatable bonds is 5. The third-order valence-electron chi connectivity index (χ3n) is 3.69. The van der Waals surface area contributed by atoms with Gasteiger partial charge in [0.15, 0.2) is 17.3 Å². The summed E-state index contributed by atoms with van der Waals surface area (Å²) in [6, 6.07) is 3.29. The number of methoxy groups -OCH3 is 2. The van der Waals surface area contributed by atoms with Crippen molar-refractivity contribution in [2.75, 3.05) is 20.8 Å². The average Bonchev–Trinajstić information content (AvgIpc) is 2.53. The first-order chi connectivity index (χ1) is 10.5. The van der Waals surface area contributed by atoms with Crippen LogP contribution in [0, 0.1) is 5.92 Å². The maximum absolute atomic E-state index is 12.5. The van der Waals surface area contributed by atoms with Crippen molar-refractivity contribution in [2.45, 2.75) is 19.8 Å². The van der Waals surface area contributed by atoms with Gasteiger partial charge in [-0.1, -0.05) is 0 Å². The van der Waals surface area contributed by atoms with Crippen LogP contribution in [0.15, 0.2) is 12.1 Å². The first-order valence-electron chi connectivity index (χ1n) is 7.03. The molecule has 0 bridgehead atoms. The van der Waals surface area contributed by atoms with E-state index in [0.717, 1.165) is 5.56 Å². The van der Waals surface area contributed by atoms with Crippen molar-refractivity contribution >= 4 is 17.5 Å². The lowest BCUT2D eigenvalue weighted by Crippen LogP contribution is -2.35. The summed E-state index contributed by atoms with van der Waals surface area (Å²) >= 11 is 0. The number of benzene rings is 1. The van der Waals surface area contributed by atoms with Gasteiger partial charge in [-0.2, -0.15) is 0 Å². The first kappa shape index (κ1) is 16.0. The van der Waals surface area contributed by atoms with Gasteiger partial charge in [-0.15, -0.1) is 0 Å². The SMILES string of the molecule is CCOC(=O)C(=O)C1CCc2cc(OC)c(OC)cc2C1=O. The fraction of sp³-hybridized carbons (Fsp3) is 0.438. The lowest BCUT2D eigenvalue weighted by molar-refractivity contribution is -0.154. The number of carbonyl (C=O) groups excluding carboxylic acids is 3. The van der Waals surface area contributed by atoms with Crippen molar-refractivity contribution in [3.05, 3.63) is 23.3 Å². The number of hydrogen-bond acceptors (Lipinski definition) is 6. The Morgan fingerprint density at radius 3 is 2.41 bits per heavy atom. The average molecular weight is 306 g/mol. The molecule has 0 spiro atoms. The molecule has 0 heterocycles. The van der Waals surface area contributed by atoms with Crippen LogP contribution in [0.4, 0.5) is 0 Å². The predicted molar refractivity (Wildman–Crippen MR) is 77.3 cm³/mol. The summed E-state index contributed by atoms with van der Waals surface area (Å²) in [5.41, 5.74) is 1.18. The van der Waals surface area contributed by atoms with Crippen LogP contribution in [0.5, 0.6) is 11.5 Å². The highest BCUT2D eigenvalue weighted by Crippen LogP contribution is 2.35. The highest BCUT2D eigenvalue weighted by atomic mass is 16.5. The van der Waals surface area contributed by atoms with Gasteiger partial charge in [-0.25, -0.2) is 4.79 Å². The fourth-order valence-electron chi connectivity index (χ4n) is 2.57. The minimum absolute atomic E-state index is 0.104. The van der Waals surface area contributed by atoms with Crippen LogP contribution in [0.2, 0.25) is 0 Å². The van der Waals surface area contributed by atoms with Gasteiger partial charge in [0.05, 0.1) is 26.7 Å². The topological polar surface area (TPSA) is 78.9 Å². The van der Waals surface area contributed by atoms with E-state index in [1.807, 2.05) is 0 Å². The van der Waals surface area contributed by atoms with Gasteiger partial charge in [0.25, 0.3) is 5.78 Å². The number of esters is 1. The van der Waals surface area contributed by atoms with Gasteiger partial charge in [-0.3, -0.25) is 9.59 Å². The molecule has 1 aromatic rings. The van der Waals surface area contributed by atoms with E-state index in [0.29, 0.717) is 29.9 Å². The zero-order valence-electron chi connectivity index (χ0n) is 12.8. The standard InChI is InChI=1S/C16H18O6/c1-4-22-16(19)15(18)10-6-5-9-7-12(20-2)13(21-3)8-11(9)14(10)17/h7-8,10H,4-6H2,1-3H3. The van der Waals surface area contributed by atoms with E-state index in [1.54, 1.807) is 19.1 Å². The second-order valence-electron chi connectivity index (χ2n) is 4.90. The Bertz CT molecular complexity index is 619. The third-order valence-corrected chi connectivity index (χ3v) is 3.69. The van der Waals surface area contributed by atoms with E-state index in [4.69, 9.17) is 9.47 Å². The minimum Gasteiger partial charge on any atom is -0.493 e. The van der Waals surface area contributed by atoms with Gasteiger partial charge >= 0.3 is 5.97 Å². The molecule has 0 aromatic heterocycles. The Labute approximate surface area is 128 Å². The summed E-state index contributed by atoms with van der Waals surface area (Å²) < 4.78 is 15.1. The van der Waals surface area contributed by atoms with Crippen molar-refractivity contribution in [1.29, 1.82) is 0 Å². The summed E-state index contributed by atoms with van der Waals surface area (Å²) in [6.45, 7) is 1.72. The van der Waals surface area contributed by atoms with Gasteiger partial charge in [0.2, 0.25) is 0 Å². The molecule has 6 nitrogen and oxygen atoms in total. The Hall–Kier alpha value is -2.37. The molecule has 0 saturated heterocycles. The van der Waals surface area contributed by atoms with Crippen molar-refractivity contribution in [3.63, 3.8) is 0 Å². The number of Topliss-reactive ketones (excluding diaryl/α,β-unsaturated/α-hetero) is 2. The van der Waals surface area contributed by atoms with Gasteiger partial charge < -0.3 is 14.2 Å². The van der Waals surface area contributed by atoms with Crippen molar-refractivity contribution in [3.8, 4) is 11.5 Å². The lowest BCUT2D eigenvalue weighted by atomic mass is 9.80. The van der Waals surface area contributed by atoms with Crippen molar-refractivity contribution in [1.82, 2.24) is 0 Å². The highest BCUT2D eigenvalue weighted by molar-refractivity contribution is 6.39. The number of ketones is 2. The van der Waals surface area contributed by atoms with Crippen molar-refractivity contribution < 1.29 is 28.6 Å². The number of aryl methyl sites for hydroxylation is 1. The molecular formula is C16H18O6. The van der Waals surface area contributed by atoms with Crippen LogP contribution in [0.3, 0.4) is 0 Å². The molecule has 2 rings (SSSR count). The second kappa shape index (κ2) is 6.60. The molecule has 0 aliphatic heterocycles. The van der Waals surface area contributed by atoms with Crippen molar-refractivity contribution in [2.24, 2.45) is 5.92 Å². The molecule has 1 unspecified atom stereocenters. The molecule has 1 aromatic carbocycles. The molecule has 0 N–H and O–H groups in total. The first-order valence-corrected chi connectivity index (χ1v) is 7.03. The van der Waals surface area contributed by atoms with Crippen LogP contribution in [-0.2, 0) is 20.7 Å². The summed E-state index contributed by atoms with van der Waals surface area (Å²) in [4.78, 5) is 36.1. The van der Waals surface area contributed by atoms with Crippen LogP contribution >= 0.6 is 0 Å². The Morgan fingerprint density at radius 1 is 1.18 bits per heavy atom. The van der Waals surface area contributed by atoms with E-state index in [2.05, 4.69) is 4.74 Å². The number of hydrogen-bond donors (Lipinski definition) is 0. The van der Waals surface area contributed by atoms with E-state index in [9.17, 15) is 14.4 Å². The quantitative estimate of drug-likeness (QED) is 0.467. The van der Waals surface area contributed by atoms with Crippen LogP contribution in [-0.4, -0.2) is 38.4 Å². The van der Waals surface area contributed by atoms with Gasteiger partial charge in [0, 0.05) is 5.56 Å². The number of carbonyl (C=O) groups is 3. The lowest BCUT2D eigenvalue weighted by Gasteiger charge is -2.23. The van der Waals surface area contributed by atoms with Gasteiger partial charge in [-0.05, 0) is 37.5 Å². The highest BCUT2D eigenvalue weighted by Gasteiger charge is 2.37. The Morgan fingerprint density at radius 2 is 1.82 bits per heavy atom.